The number of nitrogens with two attached hydrogens (primary N) is 1. The first kappa shape index (κ1) is 27.4. The molecule has 3 heterocycles. The molecule has 5 rings (SSSR count). The number of benzene rings is 1. The third-order valence-electron chi connectivity index (χ3n) is 7.39. The summed E-state index contributed by atoms with van der Waals surface area (Å²) in [5.74, 6) is 1.56. The quantitative estimate of drug-likeness (QED) is 0.464. The number of methoxy groups -OCH3 is 1. The fraction of sp³-hybridized carbons (Fsp3) is 0.483. The van der Waals surface area contributed by atoms with E-state index >= 15 is 0 Å². The molecule has 0 spiro atoms. The van der Waals surface area contributed by atoms with Crippen molar-refractivity contribution in [3.63, 3.8) is 0 Å². The van der Waals surface area contributed by atoms with Crippen molar-refractivity contribution in [3.05, 3.63) is 42.5 Å². The Morgan fingerprint density at radius 1 is 1.12 bits per heavy atom. The van der Waals surface area contributed by atoms with Gasteiger partial charge >= 0.3 is 6.09 Å². The monoisotopic (exact) mass is 547 g/mol. The SMILES string of the molecule is COc1cccc(NC(=O)[C@H]2CC[C@@H](n3cnc4c(N)nc(C5=CCN(C(=O)OC(C)(C)C)CC5)nc43)CC2)c1. The van der Waals surface area contributed by atoms with Crippen molar-refractivity contribution in [2.24, 2.45) is 5.92 Å². The predicted octanol–water partition coefficient (Wildman–Crippen LogP) is 4.81. The van der Waals surface area contributed by atoms with E-state index in [1.165, 1.54) is 0 Å². The van der Waals surface area contributed by atoms with Crippen LogP contribution < -0.4 is 15.8 Å². The highest BCUT2D eigenvalue weighted by atomic mass is 16.6. The third kappa shape index (κ3) is 6.03. The Morgan fingerprint density at radius 2 is 1.90 bits per heavy atom. The largest absolute Gasteiger partial charge is 0.497 e. The van der Waals surface area contributed by atoms with Crippen LogP contribution in [0.4, 0.5) is 16.3 Å². The van der Waals surface area contributed by atoms with Crippen LogP contribution >= 0.6 is 0 Å². The maximum Gasteiger partial charge on any atom is 0.410 e. The highest BCUT2D eigenvalue weighted by Gasteiger charge is 2.29. The molecule has 1 aliphatic carbocycles. The molecule has 0 bridgehead atoms. The number of carbonyl (C=O) groups excluding carboxylic acids is 2. The topological polar surface area (TPSA) is 137 Å². The molecule has 3 aromatic rings. The maximum absolute atomic E-state index is 12.9. The normalized spacial score (nSPS) is 19.7. The molecular formula is C29H37N7O4. The molecule has 3 N–H and O–H groups in total. The molecule has 40 heavy (non-hydrogen) atoms. The van der Waals surface area contributed by atoms with E-state index in [2.05, 4.69) is 19.9 Å². The van der Waals surface area contributed by atoms with E-state index in [4.69, 9.17) is 20.2 Å². The zero-order chi connectivity index (χ0) is 28.4. The molecule has 1 aromatic carbocycles. The Balaban J connectivity index is 1.26. The number of fused-ring (bicyclic) bond motifs is 1. The summed E-state index contributed by atoms with van der Waals surface area (Å²) >= 11 is 0. The number of ether oxygens (including phenoxy) is 2. The zero-order valence-electron chi connectivity index (χ0n) is 23.5. The number of hydrogen-bond donors (Lipinski definition) is 2. The number of hydrogen-bond acceptors (Lipinski definition) is 8. The van der Waals surface area contributed by atoms with Crippen LogP contribution in [0.15, 0.2) is 36.7 Å². The molecule has 1 fully saturated rings. The number of amides is 2. The summed E-state index contributed by atoms with van der Waals surface area (Å²) in [6, 6.07) is 7.55. The summed E-state index contributed by atoms with van der Waals surface area (Å²) < 4.78 is 12.8. The molecule has 2 aliphatic rings. The first-order valence-electron chi connectivity index (χ1n) is 13.7. The van der Waals surface area contributed by atoms with E-state index in [9.17, 15) is 9.59 Å². The number of nitrogens with zero attached hydrogens (tertiary/aromatic N) is 5. The second-order valence-electron chi connectivity index (χ2n) is 11.4. The summed E-state index contributed by atoms with van der Waals surface area (Å²) in [4.78, 5) is 40.9. The van der Waals surface area contributed by atoms with Crippen LogP contribution in [-0.2, 0) is 9.53 Å². The van der Waals surface area contributed by atoms with E-state index in [0.717, 1.165) is 36.9 Å². The fourth-order valence-electron chi connectivity index (χ4n) is 5.28. The summed E-state index contributed by atoms with van der Waals surface area (Å²) in [7, 11) is 1.61. The van der Waals surface area contributed by atoms with Gasteiger partial charge in [-0.3, -0.25) is 4.79 Å². The van der Waals surface area contributed by atoms with Gasteiger partial charge in [-0.2, -0.15) is 0 Å². The molecular weight excluding hydrogens is 510 g/mol. The minimum Gasteiger partial charge on any atom is -0.497 e. The lowest BCUT2D eigenvalue weighted by molar-refractivity contribution is -0.121. The number of carbonyl (C=O) groups is 2. The molecule has 212 valence electrons. The molecule has 0 atom stereocenters. The van der Waals surface area contributed by atoms with Crippen LogP contribution in [0.3, 0.4) is 0 Å². The van der Waals surface area contributed by atoms with E-state index in [1.807, 2.05) is 51.1 Å². The lowest BCUT2D eigenvalue weighted by Crippen LogP contribution is -2.39. The average Bonchev–Trinajstić information content (AvgIpc) is 3.37. The fourth-order valence-corrected chi connectivity index (χ4v) is 5.28. The van der Waals surface area contributed by atoms with Crippen molar-refractivity contribution in [2.75, 3.05) is 31.2 Å². The van der Waals surface area contributed by atoms with Crippen molar-refractivity contribution >= 4 is 40.2 Å². The molecule has 1 saturated carbocycles. The van der Waals surface area contributed by atoms with E-state index in [1.54, 1.807) is 18.3 Å². The van der Waals surface area contributed by atoms with Crippen LogP contribution in [0.5, 0.6) is 5.75 Å². The van der Waals surface area contributed by atoms with Crippen molar-refractivity contribution in [1.29, 1.82) is 0 Å². The van der Waals surface area contributed by atoms with Crippen LogP contribution in [-0.4, -0.2) is 62.2 Å². The Morgan fingerprint density at radius 3 is 2.58 bits per heavy atom. The molecule has 1 aliphatic heterocycles. The first-order chi connectivity index (χ1) is 19.1. The van der Waals surface area contributed by atoms with Gasteiger partial charge in [0.2, 0.25) is 5.91 Å². The minimum absolute atomic E-state index is 0.0284. The molecule has 2 amide bonds. The summed E-state index contributed by atoms with van der Waals surface area (Å²) in [5, 5.41) is 3.02. The lowest BCUT2D eigenvalue weighted by atomic mass is 9.85. The highest BCUT2D eigenvalue weighted by Crippen LogP contribution is 2.35. The Bertz CT molecular complexity index is 1430. The van der Waals surface area contributed by atoms with E-state index in [-0.39, 0.29) is 24.0 Å². The van der Waals surface area contributed by atoms with Crippen LogP contribution in [0, 0.1) is 5.92 Å². The summed E-state index contributed by atoms with van der Waals surface area (Å²) in [6.45, 7) is 6.51. The van der Waals surface area contributed by atoms with Crippen molar-refractivity contribution in [3.8, 4) is 5.75 Å². The number of nitrogens with one attached hydrogen (secondary N) is 1. The molecule has 0 saturated heterocycles. The molecule has 11 heteroatoms. The molecule has 0 unspecified atom stereocenters. The van der Waals surface area contributed by atoms with Crippen LogP contribution in [0.25, 0.3) is 16.7 Å². The Hall–Kier alpha value is -4.15. The second-order valence-corrected chi connectivity index (χ2v) is 11.4. The van der Waals surface area contributed by atoms with Crippen molar-refractivity contribution in [1.82, 2.24) is 24.4 Å². The third-order valence-corrected chi connectivity index (χ3v) is 7.39. The van der Waals surface area contributed by atoms with Crippen LogP contribution in [0.2, 0.25) is 0 Å². The van der Waals surface area contributed by atoms with Gasteiger partial charge in [-0.1, -0.05) is 12.1 Å². The van der Waals surface area contributed by atoms with Gasteiger partial charge in [0.25, 0.3) is 0 Å². The van der Waals surface area contributed by atoms with Crippen molar-refractivity contribution in [2.45, 2.75) is 64.5 Å². The van der Waals surface area contributed by atoms with E-state index in [0.29, 0.717) is 48.1 Å². The smallest absolute Gasteiger partial charge is 0.410 e. The van der Waals surface area contributed by atoms with Crippen LogP contribution in [0.1, 0.15) is 64.7 Å². The van der Waals surface area contributed by atoms with E-state index < -0.39 is 5.60 Å². The number of aromatic nitrogens is 4. The number of imidazole rings is 1. The minimum atomic E-state index is -0.541. The first-order valence-corrected chi connectivity index (χ1v) is 13.7. The standard InChI is InChI=1S/C29H37N7O4/c1-29(2,3)40-28(38)35-14-12-18(13-15-35)25-33-24(30)23-26(34-25)36(17-31-23)21-10-8-19(9-11-21)27(37)32-20-6-5-7-22(16-20)39-4/h5-7,12,16-17,19,21H,8-11,13-15H2,1-4H3,(H,32,37)(H2,30,33,34)/t19-,21+. The highest BCUT2D eigenvalue weighted by molar-refractivity contribution is 5.92. The number of anilines is 2. The van der Waals surface area contributed by atoms with Gasteiger partial charge in [-0.25, -0.2) is 19.7 Å². The van der Waals surface area contributed by atoms with Gasteiger partial charge in [0.15, 0.2) is 17.3 Å². The average molecular weight is 548 g/mol. The molecule has 0 radical (unpaired) electrons. The molecule has 11 nitrogen and oxygen atoms in total. The van der Waals surface area contributed by atoms with Gasteiger partial charge in [-0.05, 0) is 70.6 Å². The van der Waals surface area contributed by atoms with Gasteiger partial charge in [0.05, 0.1) is 13.4 Å². The summed E-state index contributed by atoms with van der Waals surface area (Å²) in [5.41, 5.74) is 8.72. The van der Waals surface area contributed by atoms with Gasteiger partial charge in [-0.15, -0.1) is 0 Å². The zero-order valence-corrected chi connectivity index (χ0v) is 23.5. The number of nitrogen functional groups attached to an aromatic ring is 1. The molecule has 2 aromatic heterocycles. The Kier molecular flexibility index (Phi) is 7.64. The van der Waals surface area contributed by atoms with Gasteiger partial charge in [0, 0.05) is 36.8 Å². The lowest BCUT2D eigenvalue weighted by Gasteiger charge is -2.29. The summed E-state index contributed by atoms with van der Waals surface area (Å²) in [6.07, 6.45) is 7.19. The van der Waals surface area contributed by atoms with Gasteiger partial charge < -0.3 is 30.0 Å². The predicted molar refractivity (Wildman–Crippen MR) is 153 cm³/mol. The van der Waals surface area contributed by atoms with Crippen molar-refractivity contribution < 1.29 is 19.1 Å². The number of rotatable bonds is 5. The Labute approximate surface area is 233 Å². The maximum atomic E-state index is 12.9. The second kappa shape index (κ2) is 11.1. The van der Waals surface area contributed by atoms with Gasteiger partial charge in [0.1, 0.15) is 16.9 Å².